The van der Waals surface area contributed by atoms with Crippen molar-refractivity contribution in [3.8, 4) is 11.3 Å². The lowest BCUT2D eigenvalue weighted by Gasteiger charge is -2.02. The first-order chi connectivity index (χ1) is 9.16. The van der Waals surface area contributed by atoms with Crippen molar-refractivity contribution in [1.29, 1.82) is 0 Å². The van der Waals surface area contributed by atoms with Crippen molar-refractivity contribution in [3.05, 3.63) is 52.5 Å². The van der Waals surface area contributed by atoms with Gasteiger partial charge in [-0.3, -0.25) is 0 Å². The molecule has 0 saturated carbocycles. The zero-order valence-electron chi connectivity index (χ0n) is 9.63. The average Bonchev–Trinajstić information content (AvgIpc) is 2.81. The first kappa shape index (κ1) is 11.9. The van der Waals surface area contributed by atoms with Crippen LogP contribution < -0.4 is 0 Å². The Morgan fingerprint density at radius 3 is 2.79 bits per heavy atom. The second-order valence-corrected chi connectivity index (χ2v) is 4.94. The molecule has 1 N–H and O–H groups in total. The van der Waals surface area contributed by atoms with E-state index in [0.29, 0.717) is 16.8 Å². The topological polar surface area (TPSA) is 63.3 Å². The highest BCUT2D eigenvalue weighted by atomic mass is 79.9. The molecular formula is C14H8BrNO3. The maximum absolute atomic E-state index is 11.2. The highest BCUT2D eigenvalue weighted by molar-refractivity contribution is 9.10. The molecule has 0 atom stereocenters. The van der Waals surface area contributed by atoms with Gasteiger partial charge in [-0.2, -0.15) is 0 Å². The summed E-state index contributed by atoms with van der Waals surface area (Å²) in [6, 6.07) is 12.2. The monoisotopic (exact) mass is 317 g/mol. The first-order valence-corrected chi connectivity index (χ1v) is 6.34. The highest BCUT2D eigenvalue weighted by Crippen LogP contribution is 2.32. The van der Waals surface area contributed by atoms with E-state index in [1.165, 1.54) is 0 Å². The van der Waals surface area contributed by atoms with Crippen LogP contribution in [0.15, 0.2) is 51.5 Å². The Balaban J connectivity index is 2.31. The molecule has 1 aromatic heterocycles. The van der Waals surface area contributed by atoms with Crippen LogP contribution in [0.5, 0.6) is 0 Å². The SMILES string of the molecule is O=C(O)c1ccccc1-c1onc2ccc(Br)cc12. The molecule has 0 aliphatic carbocycles. The minimum atomic E-state index is -0.991. The van der Waals surface area contributed by atoms with E-state index in [-0.39, 0.29) is 5.56 Å². The number of halogens is 1. The fourth-order valence-corrected chi connectivity index (χ4v) is 2.34. The summed E-state index contributed by atoms with van der Waals surface area (Å²) in [5, 5.41) is 13.9. The third kappa shape index (κ3) is 2.02. The molecule has 0 saturated heterocycles. The van der Waals surface area contributed by atoms with E-state index in [9.17, 15) is 9.90 Å². The van der Waals surface area contributed by atoms with E-state index in [1.54, 1.807) is 24.3 Å². The van der Waals surface area contributed by atoms with Crippen molar-refractivity contribution in [1.82, 2.24) is 5.16 Å². The van der Waals surface area contributed by atoms with Crippen molar-refractivity contribution in [2.75, 3.05) is 0 Å². The van der Waals surface area contributed by atoms with E-state index in [2.05, 4.69) is 21.1 Å². The van der Waals surface area contributed by atoms with Crippen molar-refractivity contribution in [2.45, 2.75) is 0 Å². The van der Waals surface area contributed by atoms with E-state index < -0.39 is 5.97 Å². The normalized spacial score (nSPS) is 10.8. The quantitative estimate of drug-likeness (QED) is 0.777. The minimum Gasteiger partial charge on any atom is -0.478 e. The van der Waals surface area contributed by atoms with Gasteiger partial charge in [0.05, 0.1) is 10.9 Å². The second-order valence-electron chi connectivity index (χ2n) is 4.02. The molecule has 3 rings (SSSR count). The van der Waals surface area contributed by atoms with Crippen LogP contribution in [0.1, 0.15) is 10.4 Å². The fourth-order valence-electron chi connectivity index (χ4n) is 1.98. The van der Waals surface area contributed by atoms with Gasteiger partial charge in [-0.1, -0.05) is 39.3 Å². The van der Waals surface area contributed by atoms with Gasteiger partial charge < -0.3 is 9.63 Å². The summed E-state index contributed by atoms with van der Waals surface area (Å²) in [4.78, 5) is 11.2. The zero-order valence-corrected chi connectivity index (χ0v) is 11.2. The Hall–Kier alpha value is -2.14. The summed E-state index contributed by atoms with van der Waals surface area (Å²) in [5.41, 5.74) is 1.41. The smallest absolute Gasteiger partial charge is 0.336 e. The second kappa shape index (κ2) is 4.51. The Bertz CT molecular complexity index is 779. The molecule has 19 heavy (non-hydrogen) atoms. The predicted molar refractivity (Wildman–Crippen MR) is 74.1 cm³/mol. The van der Waals surface area contributed by atoms with Crippen LogP contribution in [-0.4, -0.2) is 16.2 Å². The number of carboxylic acid groups (broad SMARTS) is 1. The first-order valence-electron chi connectivity index (χ1n) is 5.54. The van der Waals surface area contributed by atoms with E-state index >= 15 is 0 Å². The van der Waals surface area contributed by atoms with Gasteiger partial charge in [-0.15, -0.1) is 0 Å². The maximum Gasteiger partial charge on any atom is 0.336 e. The minimum absolute atomic E-state index is 0.195. The predicted octanol–water partition coefficient (Wildman–Crippen LogP) is 3.96. The summed E-state index contributed by atoms with van der Waals surface area (Å²) >= 11 is 3.39. The molecule has 4 nitrogen and oxygen atoms in total. The van der Waals surface area contributed by atoms with Crippen LogP contribution in [0, 0.1) is 0 Å². The molecule has 2 aromatic carbocycles. The van der Waals surface area contributed by atoms with Gasteiger partial charge in [0.15, 0.2) is 5.76 Å². The Morgan fingerprint density at radius 2 is 2.00 bits per heavy atom. The summed E-state index contributed by atoms with van der Waals surface area (Å²) in [6.07, 6.45) is 0. The number of rotatable bonds is 2. The van der Waals surface area contributed by atoms with Crippen LogP contribution in [0.2, 0.25) is 0 Å². The van der Waals surface area contributed by atoms with Crippen LogP contribution in [-0.2, 0) is 0 Å². The number of nitrogens with zero attached hydrogens (tertiary/aromatic N) is 1. The van der Waals surface area contributed by atoms with Crippen LogP contribution in [0.4, 0.5) is 0 Å². The molecule has 0 spiro atoms. The molecule has 5 heteroatoms. The molecule has 0 unspecified atom stereocenters. The van der Waals surface area contributed by atoms with Gasteiger partial charge in [0.2, 0.25) is 0 Å². The number of aromatic carboxylic acids is 1. The number of aromatic nitrogens is 1. The number of hydrogen-bond acceptors (Lipinski definition) is 3. The number of hydrogen-bond donors (Lipinski definition) is 1. The molecule has 1 heterocycles. The highest BCUT2D eigenvalue weighted by Gasteiger charge is 2.17. The summed E-state index contributed by atoms with van der Waals surface area (Å²) in [5.74, 6) is -0.524. The lowest BCUT2D eigenvalue weighted by molar-refractivity contribution is 0.0697. The average molecular weight is 318 g/mol. The van der Waals surface area contributed by atoms with Crippen molar-refractivity contribution in [2.24, 2.45) is 0 Å². The molecule has 0 bridgehead atoms. The third-order valence-electron chi connectivity index (χ3n) is 2.84. The number of benzene rings is 2. The summed E-state index contributed by atoms with van der Waals surface area (Å²) < 4.78 is 6.20. The van der Waals surface area contributed by atoms with E-state index in [0.717, 1.165) is 9.86 Å². The van der Waals surface area contributed by atoms with Crippen LogP contribution in [0.25, 0.3) is 22.2 Å². The van der Waals surface area contributed by atoms with Crippen LogP contribution >= 0.6 is 15.9 Å². The van der Waals surface area contributed by atoms with Crippen molar-refractivity contribution in [3.63, 3.8) is 0 Å². The number of fused-ring (bicyclic) bond motifs is 1. The molecule has 0 radical (unpaired) electrons. The molecular weight excluding hydrogens is 310 g/mol. The third-order valence-corrected chi connectivity index (χ3v) is 3.33. The molecule has 94 valence electrons. The molecule has 3 aromatic rings. The largest absolute Gasteiger partial charge is 0.478 e. The van der Waals surface area contributed by atoms with Gasteiger partial charge in [0.1, 0.15) is 5.52 Å². The Labute approximate surface area is 116 Å². The van der Waals surface area contributed by atoms with Gasteiger partial charge in [0, 0.05) is 10.0 Å². The Kier molecular flexibility index (Phi) is 2.83. The summed E-state index contributed by atoms with van der Waals surface area (Å²) in [7, 11) is 0. The molecule has 0 amide bonds. The van der Waals surface area contributed by atoms with Gasteiger partial charge in [-0.05, 0) is 24.3 Å². The van der Waals surface area contributed by atoms with Crippen LogP contribution in [0.3, 0.4) is 0 Å². The Morgan fingerprint density at radius 1 is 1.21 bits per heavy atom. The van der Waals surface area contributed by atoms with E-state index in [1.807, 2.05) is 18.2 Å². The standard InChI is InChI=1S/C14H8BrNO3/c15-8-5-6-12-11(7-8)13(19-16-12)9-3-1-2-4-10(9)14(17)18/h1-7H,(H,17,18). The van der Waals surface area contributed by atoms with Gasteiger partial charge in [0.25, 0.3) is 0 Å². The lowest BCUT2D eigenvalue weighted by atomic mass is 10.0. The molecule has 0 aliphatic rings. The summed E-state index contributed by atoms with van der Waals surface area (Å²) in [6.45, 7) is 0. The molecule has 0 fully saturated rings. The van der Waals surface area contributed by atoms with Gasteiger partial charge >= 0.3 is 5.97 Å². The van der Waals surface area contributed by atoms with Crippen molar-refractivity contribution >= 4 is 32.8 Å². The maximum atomic E-state index is 11.2. The molecule has 0 aliphatic heterocycles. The fraction of sp³-hybridized carbons (Fsp3) is 0. The lowest BCUT2D eigenvalue weighted by Crippen LogP contribution is -1.98. The van der Waals surface area contributed by atoms with Gasteiger partial charge in [-0.25, -0.2) is 4.79 Å². The van der Waals surface area contributed by atoms with Crippen molar-refractivity contribution < 1.29 is 14.4 Å². The number of carbonyl (C=O) groups is 1. The number of carboxylic acids is 1. The van der Waals surface area contributed by atoms with E-state index in [4.69, 9.17) is 4.52 Å². The zero-order chi connectivity index (χ0) is 13.4.